The molecule has 0 radical (unpaired) electrons. The molecule has 0 atom stereocenters. The molecule has 0 saturated heterocycles. The lowest BCUT2D eigenvalue weighted by molar-refractivity contribution is 0.463. The SMILES string of the molecule is C[N+]#CCN(C)C. The van der Waals surface area contributed by atoms with Crippen molar-refractivity contribution < 1.29 is 0 Å². The number of hydrogen-bond donors (Lipinski definition) is 0. The van der Waals surface area contributed by atoms with Gasteiger partial charge in [0.05, 0.1) is 0 Å². The first-order valence-electron chi connectivity index (χ1n) is 2.24. The minimum atomic E-state index is 0.816. The molecule has 0 aromatic rings. The fourth-order valence-electron chi connectivity index (χ4n) is 0.212. The second-order valence-electron chi connectivity index (χ2n) is 1.62. The number of nitrogens with zero attached hydrogens (tertiary/aromatic N) is 2. The van der Waals surface area contributed by atoms with Crippen molar-refractivity contribution in [1.29, 1.82) is 0 Å². The summed E-state index contributed by atoms with van der Waals surface area (Å²) in [6.45, 7) is 0.816. The van der Waals surface area contributed by atoms with E-state index in [0.29, 0.717) is 0 Å². The van der Waals surface area contributed by atoms with Crippen LogP contribution in [0.15, 0.2) is 0 Å². The molecule has 0 N–H and O–H groups in total. The van der Waals surface area contributed by atoms with Crippen LogP contribution in [-0.4, -0.2) is 32.6 Å². The Balaban J connectivity index is 3.08. The van der Waals surface area contributed by atoms with E-state index in [4.69, 9.17) is 0 Å². The summed E-state index contributed by atoms with van der Waals surface area (Å²) in [6, 6.07) is 2.80. The zero-order valence-corrected chi connectivity index (χ0v) is 5.10. The van der Waals surface area contributed by atoms with Crippen molar-refractivity contribution >= 4 is 0 Å². The summed E-state index contributed by atoms with van der Waals surface area (Å²) in [5.74, 6) is 0. The normalized spacial score (nSPS) is 8.00. The average molecular weight is 99.2 g/mol. The van der Waals surface area contributed by atoms with Gasteiger partial charge in [-0.05, 0) is 14.1 Å². The van der Waals surface area contributed by atoms with Gasteiger partial charge in [0.25, 0.3) is 13.1 Å². The highest BCUT2D eigenvalue weighted by Gasteiger charge is 1.85. The maximum absolute atomic E-state index is 3.68. The van der Waals surface area contributed by atoms with Gasteiger partial charge < -0.3 is 0 Å². The highest BCUT2D eigenvalue weighted by Crippen LogP contribution is 1.67. The van der Waals surface area contributed by atoms with Crippen molar-refractivity contribution in [2.24, 2.45) is 0 Å². The molecule has 0 aliphatic heterocycles. The summed E-state index contributed by atoms with van der Waals surface area (Å²) in [6.07, 6.45) is 0. The van der Waals surface area contributed by atoms with Gasteiger partial charge in [-0.1, -0.05) is 4.85 Å². The van der Waals surface area contributed by atoms with Crippen LogP contribution in [-0.2, 0) is 0 Å². The van der Waals surface area contributed by atoms with Crippen molar-refractivity contribution in [1.82, 2.24) is 4.90 Å². The predicted molar refractivity (Wildman–Crippen MR) is 31.7 cm³/mol. The van der Waals surface area contributed by atoms with E-state index in [-0.39, 0.29) is 0 Å². The van der Waals surface area contributed by atoms with Crippen molar-refractivity contribution in [2.75, 3.05) is 27.7 Å². The Morgan fingerprint density at radius 3 is 2.29 bits per heavy atom. The van der Waals surface area contributed by atoms with E-state index >= 15 is 0 Å². The molecule has 0 aliphatic carbocycles. The van der Waals surface area contributed by atoms with Crippen LogP contribution in [0.4, 0.5) is 0 Å². The smallest absolute Gasteiger partial charge is 0.288 e. The fourth-order valence-corrected chi connectivity index (χ4v) is 0.212. The molecule has 0 heterocycles. The van der Waals surface area contributed by atoms with Gasteiger partial charge in [0.15, 0.2) is 0 Å². The van der Waals surface area contributed by atoms with Crippen molar-refractivity contribution in [2.45, 2.75) is 0 Å². The molecule has 0 aromatic heterocycles. The van der Waals surface area contributed by atoms with Gasteiger partial charge in [0.1, 0.15) is 6.54 Å². The molecule has 0 saturated carbocycles. The largest absolute Gasteiger partial charge is 0.293 e. The minimum Gasteiger partial charge on any atom is -0.293 e. The Hall–Kier alpha value is -0.550. The molecule has 2 heteroatoms. The molecule has 0 aromatic carbocycles. The first kappa shape index (κ1) is 6.45. The maximum Gasteiger partial charge on any atom is 0.288 e. The van der Waals surface area contributed by atoms with Gasteiger partial charge in [0, 0.05) is 0 Å². The van der Waals surface area contributed by atoms with Crippen LogP contribution in [0, 0.1) is 6.07 Å². The quantitative estimate of drug-likeness (QED) is 0.435. The van der Waals surface area contributed by atoms with Crippen LogP contribution in [0.2, 0.25) is 0 Å². The van der Waals surface area contributed by atoms with Gasteiger partial charge in [-0.3, -0.25) is 4.90 Å². The Labute approximate surface area is 44.6 Å². The molecule has 2 nitrogen and oxygen atoms in total. The van der Waals surface area contributed by atoms with Gasteiger partial charge >= 0.3 is 0 Å². The third-order valence-corrected chi connectivity index (χ3v) is 0.545. The van der Waals surface area contributed by atoms with Crippen LogP contribution in [0.1, 0.15) is 0 Å². The van der Waals surface area contributed by atoms with Crippen LogP contribution in [0.25, 0.3) is 4.85 Å². The van der Waals surface area contributed by atoms with Crippen molar-refractivity contribution in [3.63, 3.8) is 0 Å². The zero-order chi connectivity index (χ0) is 5.70. The topological polar surface area (TPSA) is 7.60 Å². The second-order valence-corrected chi connectivity index (χ2v) is 1.62. The van der Waals surface area contributed by atoms with E-state index in [0.717, 1.165) is 6.54 Å². The third kappa shape index (κ3) is 5.45. The molecular weight excluding hydrogens is 88.1 g/mol. The molecule has 0 aliphatic rings. The number of hydrogen-bond acceptors (Lipinski definition) is 1. The van der Waals surface area contributed by atoms with E-state index < -0.39 is 0 Å². The Morgan fingerprint density at radius 1 is 1.57 bits per heavy atom. The van der Waals surface area contributed by atoms with Crippen LogP contribution in [0.3, 0.4) is 0 Å². The summed E-state index contributed by atoms with van der Waals surface area (Å²) < 4.78 is 0. The van der Waals surface area contributed by atoms with E-state index in [1.54, 1.807) is 7.05 Å². The van der Waals surface area contributed by atoms with Gasteiger partial charge in [0.2, 0.25) is 0 Å². The Bertz CT molecular complexity index is 86.0. The van der Waals surface area contributed by atoms with E-state index in [1.807, 2.05) is 19.0 Å². The minimum absolute atomic E-state index is 0.816. The average Bonchev–Trinajstić information content (AvgIpc) is 1.61. The van der Waals surface area contributed by atoms with Crippen molar-refractivity contribution in [3.05, 3.63) is 4.85 Å². The highest BCUT2D eigenvalue weighted by atomic mass is 15.0. The maximum atomic E-state index is 3.68. The highest BCUT2D eigenvalue weighted by molar-refractivity contribution is 4.85. The first-order valence-corrected chi connectivity index (χ1v) is 2.24. The van der Waals surface area contributed by atoms with E-state index in [1.165, 1.54) is 0 Å². The lowest BCUT2D eigenvalue weighted by Crippen LogP contribution is -2.10. The summed E-state index contributed by atoms with van der Waals surface area (Å²) in [5.41, 5.74) is 0. The molecule has 0 amide bonds. The summed E-state index contributed by atoms with van der Waals surface area (Å²) >= 11 is 0. The Morgan fingerprint density at radius 2 is 2.14 bits per heavy atom. The van der Waals surface area contributed by atoms with Crippen LogP contribution >= 0.6 is 0 Å². The lowest BCUT2D eigenvalue weighted by Gasteiger charge is -1.95. The standard InChI is InChI=1S/C5H11N2/c1-6-4-5-7(2)3/h5H2,1-3H3/q+1. The van der Waals surface area contributed by atoms with Crippen LogP contribution in [0.5, 0.6) is 0 Å². The molecule has 0 unspecified atom stereocenters. The molecule has 0 bridgehead atoms. The van der Waals surface area contributed by atoms with E-state index in [9.17, 15) is 0 Å². The fraction of sp³-hybridized carbons (Fsp3) is 0.800. The lowest BCUT2D eigenvalue weighted by atomic mass is 10.7. The van der Waals surface area contributed by atoms with Gasteiger partial charge in [-0.15, -0.1) is 0 Å². The predicted octanol–water partition coefficient (Wildman–Crippen LogP) is 0.511. The molecule has 0 spiro atoms. The second kappa shape index (κ2) is 3.63. The summed E-state index contributed by atoms with van der Waals surface area (Å²) in [7, 11) is 5.69. The van der Waals surface area contributed by atoms with Crippen LogP contribution < -0.4 is 0 Å². The van der Waals surface area contributed by atoms with Gasteiger partial charge in [-0.2, -0.15) is 0 Å². The summed E-state index contributed by atoms with van der Waals surface area (Å²) in [5, 5.41) is 0. The van der Waals surface area contributed by atoms with E-state index in [2.05, 4.69) is 10.9 Å². The summed E-state index contributed by atoms with van der Waals surface area (Å²) in [4.78, 5) is 5.69. The molecule has 0 fully saturated rings. The first-order chi connectivity index (χ1) is 3.27. The monoisotopic (exact) mass is 99.1 g/mol. The molecular formula is C5H11N2+. The number of rotatable bonds is 1. The molecule has 40 valence electrons. The zero-order valence-electron chi connectivity index (χ0n) is 5.10. The Kier molecular flexibility index (Phi) is 3.35. The van der Waals surface area contributed by atoms with Crippen molar-refractivity contribution in [3.8, 4) is 6.07 Å². The molecule has 7 heavy (non-hydrogen) atoms. The molecule has 0 rings (SSSR count). The van der Waals surface area contributed by atoms with Gasteiger partial charge in [-0.25, -0.2) is 0 Å². The third-order valence-electron chi connectivity index (χ3n) is 0.545.